The van der Waals surface area contributed by atoms with Crippen molar-refractivity contribution in [2.45, 2.75) is 32.2 Å². The largest absolute Gasteiger partial charge is 0.465 e. The van der Waals surface area contributed by atoms with Crippen molar-refractivity contribution in [3.8, 4) is 0 Å². The van der Waals surface area contributed by atoms with Crippen LogP contribution in [0.25, 0.3) is 0 Å². The Morgan fingerprint density at radius 2 is 2.26 bits per heavy atom. The molecule has 4 nitrogen and oxygen atoms in total. The van der Waals surface area contributed by atoms with Crippen LogP contribution in [0.4, 0.5) is 5.69 Å². The third-order valence-electron chi connectivity index (χ3n) is 3.51. The average molecular weight is 262 g/mol. The molecule has 2 rings (SSSR count). The number of hydrogen-bond donors (Lipinski definition) is 1. The number of fused-ring (bicyclic) bond motifs is 1. The second-order valence-electron chi connectivity index (χ2n) is 4.87. The fraction of sp³-hybridized carbons (Fsp3) is 0.533. The summed E-state index contributed by atoms with van der Waals surface area (Å²) in [5.41, 5.74) is 8.51. The maximum absolute atomic E-state index is 11.5. The molecule has 104 valence electrons. The maximum Gasteiger partial charge on any atom is 0.322 e. The first-order valence-electron chi connectivity index (χ1n) is 6.97. The Hall–Kier alpha value is -1.55. The van der Waals surface area contributed by atoms with Crippen molar-refractivity contribution in [3.05, 3.63) is 29.8 Å². The van der Waals surface area contributed by atoms with Gasteiger partial charge in [0.1, 0.15) is 6.04 Å². The standard InChI is InChI=1S/C15H22N2O2/c1-2-19-15(18)13(16)9-11-17-10-5-7-12-6-3-4-8-14(12)17/h3-4,6,8,13H,2,5,7,9-11,16H2,1H3. The van der Waals surface area contributed by atoms with Gasteiger partial charge in [-0.3, -0.25) is 4.79 Å². The third kappa shape index (κ3) is 3.47. The molecule has 1 aromatic rings. The number of anilines is 1. The number of hydrogen-bond acceptors (Lipinski definition) is 4. The molecule has 1 aliphatic rings. The van der Waals surface area contributed by atoms with Crippen LogP contribution in [0.15, 0.2) is 24.3 Å². The summed E-state index contributed by atoms with van der Waals surface area (Å²) >= 11 is 0. The van der Waals surface area contributed by atoms with Crippen molar-refractivity contribution in [2.24, 2.45) is 5.73 Å². The second-order valence-corrected chi connectivity index (χ2v) is 4.87. The van der Waals surface area contributed by atoms with E-state index in [1.54, 1.807) is 6.92 Å². The van der Waals surface area contributed by atoms with Crippen LogP contribution >= 0.6 is 0 Å². The minimum Gasteiger partial charge on any atom is -0.465 e. The minimum atomic E-state index is -0.519. The summed E-state index contributed by atoms with van der Waals surface area (Å²) in [6.45, 7) is 4.02. The summed E-state index contributed by atoms with van der Waals surface area (Å²) in [7, 11) is 0. The summed E-state index contributed by atoms with van der Waals surface area (Å²) in [4.78, 5) is 13.8. The smallest absolute Gasteiger partial charge is 0.322 e. The molecular weight excluding hydrogens is 240 g/mol. The van der Waals surface area contributed by atoms with E-state index in [1.165, 1.54) is 11.3 Å². The van der Waals surface area contributed by atoms with Crippen molar-refractivity contribution in [1.29, 1.82) is 0 Å². The number of nitrogens with zero attached hydrogens (tertiary/aromatic N) is 1. The minimum absolute atomic E-state index is 0.298. The molecule has 4 heteroatoms. The highest BCUT2D eigenvalue weighted by atomic mass is 16.5. The Balaban J connectivity index is 1.92. The average Bonchev–Trinajstić information content (AvgIpc) is 2.45. The number of esters is 1. The Labute approximate surface area is 114 Å². The molecule has 2 N–H and O–H groups in total. The zero-order chi connectivity index (χ0) is 13.7. The summed E-state index contributed by atoms with van der Waals surface area (Å²) in [6.07, 6.45) is 2.93. The monoisotopic (exact) mass is 262 g/mol. The molecule has 1 aliphatic heterocycles. The molecule has 1 unspecified atom stereocenters. The second kappa shape index (κ2) is 6.57. The number of benzene rings is 1. The van der Waals surface area contributed by atoms with E-state index in [-0.39, 0.29) is 5.97 Å². The van der Waals surface area contributed by atoms with E-state index in [1.807, 2.05) is 0 Å². The molecule has 19 heavy (non-hydrogen) atoms. The lowest BCUT2D eigenvalue weighted by Gasteiger charge is -2.31. The van der Waals surface area contributed by atoms with E-state index >= 15 is 0 Å². The van der Waals surface area contributed by atoms with Gasteiger partial charge in [-0.15, -0.1) is 0 Å². The summed E-state index contributed by atoms with van der Waals surface area (Å²) in [6, 6.07) is 7.93. The molecule has 0 fully saturated rings. The van der Waals surface area contributed by atoms with Gasteiger partial charge in [-0.05, 0) is 37.8 Å². The van der Waals surface area contributed by atoms with E-state index in [4.69, 9.17) is 10.5 Å². The van der Waals surface area contributed by atoms with E-state index in [0.717, 1.165) is 25.9 Å². The van der Waals surface area contributed by atoms with Crippen LogP contribution in [0.5, 0.6) is 0 Å². The van der Waals surface area contributed by atoms with Gasteiger partial charge in [0, 0.05) is 18.8 Å². The number of ether oxygens (including phenoxy) is 1. The lowest BCUT2D eigenvalue weighted by Crippen LogP contribution is -2.38. The molecule has 0 amide bonds. The normalized spacial score (nSPS) is 15.8. The summed E-state index contributed by atoms with van der Waals surface area (Å²) in [5.74, 6) is -0.298. The van der Waals surface area contributed by atoms with Gasteiger partial charge in [-0.2, -0.15) is 0 Å². The SMILES string of the molecule is CCOC(=O)C(N)CCN1CCCc2ccccc21. The lowest BCUT2D eigenvalue weighted by molar-refractivity contribution is -0.144. The van der Waals surface area contributed by atoms with Crippen molar-refractivity contribution in [3.63, 3.8) is 0 Å². The topological polar surface area (TPSA) is 55.6 Å². The summed E-state index contributed by atoms with van der Waals surface area (Å²) < 4.78 is 4.93. The Bertz CT molecular complexity index is 434. The van der Waals surface area contributed by atoms with Crippen LogP contribution in [0.1, 0.15) is 25.3 Å². The van der Waals surface area contributed by atoms with E-state index in [0.29, 0.717) is 13.0 Å². The number of carbonyl (C=O) groups is 1. The van der Waals surface area contributed by atoms with Crippen molar-refractivity contribution in [2.75, 3.05) is 24.6 Å². The maximum atomic E-state index is 11.5. The van der Waals surface area contributed by atoms with Gasteiger partial charge in [0.15, 0.2) is 0 Å². The van der Waals surface area contributed by atoms with Gasteiger partial charge in [0.05, 0.1) is 6.61 Å². The fourth-order valence-corrected chi connectivity index (χ4v) is 2.51. The first-order chi connectivity index (χ1) is 9.22. The van der Waals surface area contributed by atoms with Crippen molar-refractivity contribution >= 4 is 11.7 Å². The number of aryl methyl sites for hydroxylation is 1. The Morgan fingerprint density at radius 3 is 3.05 bits per heavy atom. The molecule has 0 saturated carbocycles. The fourth-order valence-electron chi connectivity index (χ4n) is 2.51. The molecule has 0 spiro atoms. The van der Waals surface area contributed by atoms with E-state index in [9.17, 15) is 4.79 Å². The molecule has 1 heterocycles. The van der Waals surface area contributed by atoms with E-state index in [2.05, 4.69) is 29.2 Å². The number of nitrogens with two attached hydrogens (primary N) is 1. The van der Waals surface area contributed by atoms with Crippen LogP contribution < -0.4 is 10.6 Å². The molecule has 0 aromatic heterocycles. The number of para-hydroxylation sites is 1. The molecular formula is C15H22N2O2. The van der Waals surface area contributed by atoms with Crippen LogP contribution in [0, 0.1) is 0 Å². The molecule has 1 aromatic carbocycles. The quantitative estimate of drug-likeness (QED) is 0.821. The van der Waals surface area contributed by atoms with Gasteiger partial charge in [-0.25, -0.2) is 0 Å². The van der Waals surface area contributed by atoms with Crippen LogP contribution in [-0.4, -0.2) is 31.7 Å². The molecule has 0 saturated heterocycles. The third-order valence-corrected chi connectivity index (χ3v) is 3.51. The highest BCUT2D eigenvalue weighted by Gasteiger charge is 2.19. The van der Waals surface area contributed by atoms with Crippen LogP contribution in [-0.2, 0) is 16.0 Å². The molecule has 0 bridgehead atoms. The molecule has 1 atom stereocenters. The highest BCUT2D eigenvalue weighted by Crippen LogP contribution is 2.26. The zero-order valence-electron chi connectivity index (χ0n) is 11.5. The van der Waals surface area contributed by atoms with Crippen molar-refractivity contribution in [1.82, 2.24) is 0 Å². The van der Waals surface area contributed by atoms with Crippen LogP contribution in [0.2, 0.25) is 0 Å². The number of rotatable bonds is 5. The van der Waals surface area contributed by atoms with Gasteiger partial charge in [0.25, 0.3) is 0 Å². The molecule has 0 aliphatic carbocycles. The predicted molar refractivity (Wildman–Crippen MR) is 76.2 cm³/mol. The Kier molecular flexibility index (Phi) is 4.80. The first kappa shape index (κ1) is 13.9. The summed E-state index contributed by atoms with van der Waals surface area (Å²) in [5, 5.41) is 0. The van der Waals surface area contributed by atoms with E-state index < -0.39 is 6.04 Å². The van der Waals surface area contributed by atoms with Gasteiger partial charge < -0.3 is 15.4 Å². The highest BCUT2D eigenvalue weighted by molar-refractivity contribution is 5.75. The van der Waals surface area contributed by atoms with Gasteiger partial charge in [-0.1, -0.05) is 18.2 Å². The lowest BCUT2D eigenvalue weighted by atomic mass is 10.0. The Morgan fingerprint density at radius 1 is 1.47 bits per heavy atom. The van der Waals surface area contributed by atoms with Crippen molar-refractivity contribution < 1.29 is 9.53 Å². The first-order valence-corrected chi connectivity index (χ1v) is 6.97. The van der Waals surface area contributed by atoms with Gasteiger partial charge >= 0.3 is 5.97 Å². The zero-order valence-corrected chi connectivity index (χ0v) is 11.5. The van der Waals surface area contributed by atoms with Crippen LogP contribution in [0.3, 0.4) is 0 Å². The predicted octanol–water partition coefficient (Wildman–Crippen LogP) is 1.72. The number of carbonyl (C=O) groups excluding carboxylic acids is 1. The molecule has 0 radical (unpaired) electrons. The van der Waals surface area contributed by atoms with Gasteiger partial charge in [0.2, 0.25) is 0 Å².